The number of carbonyl (C=O) groups excluding carboxylic acids is 1. The van der Waals surface area contributed by atoms with Crippen molar-refractivity contribution in [1.82, 2.24) is 19.5 Å². The molecule has 3 heterocycles. The Kier molecular flexibility index (Phi) is 3.48. The molecule has 1 amide bonds. The highest BCUT2D eigenvalue weighted by molar-refractivity contribution is 5.94. The number of hydrogen-bond donors (Lipinski definition) is 0. The first-order valence-corrected chi connectivity index (χ1v) is 7.70. The van der Waals surface area contributed by atoms with Crippen molar-refractivity contribution in [1.29, 1.82) is 0 Å². The number of amides is 1. The Morgan fingerprint density at radius 3 is 2.71 bits per heavy atom. The van der Waals surface area contributed by atoms with Crippen molar-refractivity contribution < 1.29 is 13.6 Å². The van der Waals surface area contributed by atoms with Gasteiger partial charge in [0, 0.05) is 24.4 Å². The number of nitrogens with zero attached hydrogens (tertiary/aromatic N) is 4. The van der Waals surface area contributed by atoms with Gasteiger partial charge in [0.2, 0.25) is 0 Å². The summed E-state index contributed by atoms with van der Waals surface area (Å²) in [5.41, 5.74) is 0.705. The normalized spacial score (nSPS) is 17.6. The molecule has 122 valence electrons. The first-order valence-electron chi connectivity index (χ1n) is 7.70. The Bertz CT molecular complexity index is 904. The highest BCUT2D eigenvalue weighted by Gasteiger charge is 2.34. The van der Waals surface area contributed by atoms with Crippen molar-refractivity contribution >= 4 is 11.6 Å². The number of rotatable bonds is 2. The van der Waals surface area contributed by atoms with Gasteiger partial charge in [-0.05, 0) is 37.1 Å². The second-order valence-electron chi connectivity index (χ2n) is 5.80. The Labute approximate surface area is 136 Å². The van der Waals surface area contributed by atoms with E-state index in [2.05, 4.69) is 10.2 Å². The van der Waals surface area contributed by atoms with E-state index in [1.165, 1.54) is 0 Å². The molecule has 1 aliphatic rings. The number of aromatic nitrogens is 3. The van der Waals surface area contributed by atoms with Crippen LogP contribution in [0, 0.1) is 11.6 Å². The molecule has 4 rings (SSSR count). The molecule has 5 nitrogen and oxygen atoms in total. The molecule has 0 radical (unpaired) electrons. The largest absolute Gasteiger partial charge is 0.328 e. The minimum absolute atomic E-state index is 0.00761. The van der Waals surface area contributed by atoms with Crippen molar-refractivity contribution in [2.45, 2.75) is 18.9 Å². The highest BCUT2D eigenvalue weighted by atomic mass is 19.1. The first kappa shape index (κ1) is 14.7. The average Bonchev–Trinajstić information content (AvgIpc) is 3.19. The number of fused-ring (bicyclic) bond motifs is 1. The van der Waals surface area contributed by atoms with Crippen LogP contribution < -0.4 is 0 Å². The molecular weight excluding hydrogens is 314 g/mol. The van der Waals surface area contributed by atoms with Gasteiger partial charge in [-0.15, -0.1) is 10.2 Å². The third-order valence-electron chi connectivity index (χ3n) is 4.26. The van der Waals surface area contributed by atoms with Crippen LogP contribution in [0.25, 0.3) is 5.65 Å². The molecule has 7 heteroatoms. The maximum atomic E-state index is 13.4. The van der Waals surface area contributed by atoms with E-state index in [1.54, 1.807) is 4.90 Å². The van der Waals surface area contributed by atoms with Gasteiger partial charge in [0.05, 0.1) is 6.04 Å². The monoisotopic (exact) mass is 328 g/mol. The molecular formula is C17H14F2N4O. The van der Waals surface area contributed by atoms with E-state index in [4.69, 9.17) is 0 Å². The van der Waals surface area contributed by atoms with Gasteiger partial charge < -0.3 is 4.90 Å². The lowest BCUT2D eigenvalue weighted by Gasteiger charge is -2.23. The maximum Gasteiger partial charge on any atom is 0.254 e. The zero-order valence-electron chi connectivity index (χ0n) is 12.7. The smallest absolute Gasteiger partial charge is 0.254 e. The SMILES string of the molecule is O=C(c1cc(F)cc(F)c1)N1CCC[C@H]1c1nnc2ccccn12. The molecule has 1 atom stereocenters. The fourth-order valence-corrected chi connectivity index (χ4v) is 3.21. The number of hydrogen-bond acceptors (Lipinski definition) is 3. The predicted molar refractivity (Wildman–Crippen MR) is 82.4 cm³/mol. The summed E-state index contributed by atoms with van der Waals surface area (Å²) in [5.74, 6) is -1.26. The lowest BCUT2D eigenvalue weighted by atomic mass is 10.1. The van der Waals surface area contributed by atoms with Gasteiger partial charge in [-0.3, -0.25) is 9.20 Å². The van der Waals surface area contributed by atoms with Crippen molar-refractivity contribution in [2.75, 3.05) is 6.54 Å². The second kappa shape index (κ2) is 5.67. The molecule has 1 aliphatic heterocycles. The summed E-state index contributed by atoms with van der Waals surface area (Å²) < 4.78 is 28.7. The van der Waals surface area contributed by atoms with Crippen LogP contribution in [-0.4, -0.2) is 31.9 Å². The lowest BCUT2D eigenvalue weighted by Crippen LogP contribution is -2.31. The van der Waals surface area contributed by atoms with E-state index in [-0.39, 0.29) is 11.6 Å². The van der Waals surface area contributed by atoms with Crippen LogP contribution in [0.3, 0.4) is 0 Å². The van der Waals surface area contributed by atoms with Crippen molar-refractivity contribution in [3.05, 3.63) is 65.6 Å². The number of pyridine rings is 1. The summed E-state index contributed by atoms with van der Waals surface area (Å²) >= 11 is 0. The van der Waals surface area contributed by atoms with Gasteiger partial charge in [-0.1, -0.05) is 6.07 Å². The van der Waals surface area contributed by atoms with Crippen molar-refractivity contribution in [2.24, 2.45) is 0 Å². The summed E-state index contributed by atoms with van der Waals surface area (Å²) in [5, 5.41) is 8.32. The molecule has 1 saturated heterocycles. The third kappa shape index (κ3) is 2.42. The molecule has 1 aromatic carbocycles. The highest BCUT2D eigenvalue weighted by Crippen LogP contribution is 2.32. The molecule has 0 unspecified atom stereocenters. The number of carbonyl (C=O) groups is 1. The van der Waals surface area contributed by atoms with Crippen molar-refractivity contribution in [3.8, 4) is 0 Å². The molecule has 0 bridgehead atoms. The number of benzene rings is 1. The molecule has 3 aromatic rings. The predicted octanol–water partition coefficient (Wildman–Crippen LogP) is 2.98. The first-order chi connectivity index (χ1) is 11.6. The van der Waals surface area contributed by atoms with Gasteiger partial charge in [-0.2, -0.15) is 0 Å². The zero-order chi connectivity index (χ0) is 16.7. The second-order valence-corrected chi connectivity index (χ2v) is 5.80. The fourth-order valence-electron chi connectivity index (χ4n) is 3.21. The van der Waals surface area contributed by atoms with E-state index in [0.29, 0.717) is 18.0 Å². The van der Waals surface area contributed by atoms with Crippen LogP contribution in [0.1, 0.15) is 35.1 Å². The average molecular weight is 328 g/mol. The Morgan fingerprint density at radius 1 is 1.12 bits per heavy atom. The summed E-state index contributed by atoms with van der Waals surface area (Å²) in [6.45, 7) is 0.517. The van der Waals surface area contributed by atoms with Gasteiger partial charge in [0.15, 0.2) is 11.5 Å². The van der Waals surface area contributed by atoms with Gasteiger partial charge >= 0.3 is 0 Å². The van der Waals surface area contributed by atoms with Gasteiger partial charge in [-0.25, -0.2) is 8.78 Å². The van der Waals surface area contributed by atoms with Crippen LogP contribution in [0.4, 0.5) is 8.78 Å². The molecule has 0 N–H and O–H groups in total. The Balaban J connectivity index is 1.71. The van der Waals surface area contributed by atoms with Crippen LogP contribution in [-0.2, 0) is 0 Å². The molecule has 2 aromatic heterocycles. The van der Waals surface area contributed by atoms with E-state index < -0.39 is 17.5 Å². The summed E-state index contributed by atoms with van der Waals surface area (Å²) in [6, 6.07) is 8.17. The van der Waals surface area contributed by atoms with E-state index in [1.807, 2.05) is 28.8 Å². The Morgan fingerprint density at radius 2 is 1.92 bits per heavy atom. The molecule has 0 spiro atoms. The van der Waals surface area contributed by atoms with E-state index >= 15 is 0 Å². The van der Waals surface area contributed by atoms with Crippen LogP contribution in [0.5, 0.6) is 0 Å². The van der Waals surface area contributed by atoms with Crippen LogP contribution in [0.2, 0.25) is 0 Å². The van der Waals surface area contributed by atoms with Crippen LogP contribution >= 0.6 is 0 Å². The minimum atomic E-state index is -0.762. The molecule has 0 saturated carbocycles. The van der Waals surface area contributed by atoms with Gasteiger partial charge in [0.1, 0.15) is 11.6 Å². The van der Waals surface area contributed by atoms with E-state index in [0.717, 1.165) is 31.0 Å². The summed E-state index contributed by atoms with van der Waals surface area (Å²) in [7, 11) is 0. The molecule has 1 fully saturated rings. The topological polar surface area (TPSA) is 50.5 Å². The number of likely N-dealkylation sites (tertiary alicyclic amines) is 1. The number of halogens is 2. The van der Waals surface area contributed by atoms with E-state index in [9.17, 15) is 13.6 Å². The zero-order valence-corrected chi connectivity index (χ0v) is 12.7. The summed E-state index contributed by atoms with van der Waals surface area (Å²) in [4.78, 5) is 14.3. The van der Waals surface area contributed by atoms with Gasteiger partial charge in [0.25, 0.3) is 5.91 Å². The van der Waals surface area contributed by atoms with Crippen LogP contribution in [0.15, 0.2) is 42.6 Å². The lowest BCUT2D eigenvalue weighted by molar-refractivity contribution is 0.0728. The Hall–Kier alpha value is -2.83. The quantitative estimate of drug-likeness (QED) is 0.727. The standard InChI is InChI=1S/C17H14F2N4O/c18-12-8-11(9-13(19)10-12)17(24)22-7-3-4-14(22)16-21-20-15-5-1-2-6-23(15)16/h1-2,5-6,8-10,14H,3-4,7H2/t14-/m0/s1. The fraction of sp³-hybridized carbons (Fsp3) is 0.235. The third-order valence-corrected chi connectivity index (χ3v) is 4.26. The maximum absolute atomic E-state index is 13.4. The molecule has 0 aliphatic carbocycles. The van der Waals surface area contributed by atoms with Crippen molar-refractivity contribution in [3.63, 3.8) is 0 Å². The summed E-state index contributed by atoms with van der Waals surface area (Å²) in [6.07, 6.45) is 3.38. The molecule has 24 heavy (non-hydrogen) atoms. The minimum Gasteiger partial charge on any atom is -0.328 e.